The normalized spacial score (nSPS) is 7.89. The molecule has 0 aliphatic carbocycles. The monoisotopic (exact) mass is 362 g/mol. The third-order valence-electron chi connectivity index (χ3n) is 1.25. The molecule has 0 rings (SSSR count). The number of carbonyl (C=O) groups is 2. The third kappa shape index (κ3) is 95.4. The van der Waals surface area contributed by atoms with Gasteiger partial charge in [-0.3, -0.25) is 0 Å². The van der Waals surface area contributed by atoms with E-state index in [0.29, 0.717) is 0 Å². The van der Waals surface area contributed by atoms with Gasteiger partial charge in [-0.1, -0.05) is 48.3 Å². The van der Waals surface area contributed by atoms with Gasteiger partial charge in [0.2, 0.25) is 0 Å². The largest absolute Gasteiger partial charge is 2.00 e. The molecule has 0 aromatic carbocycles. The fraction of sp³-hybridized carbons (Fsp3) is 0.800. The van der Waals surface area contributed by atoms with Crippen LogP contribution in [0.15, 0.2) is 0 Å². The zero-order valence-corrected chi connectivity index (χ0v) is 16.2. The Hall–Kier alpha value is -0.137. The van der Waals surface area contributed by atoms with Gasteiger partial charge in [-0.2, -0.15) is 0 Å². The minimum absolute atomic E-state index is 0. The van der Waals surface area contributed by atoms with Crippen LogP contribution in [0.1, 0.15) is 39.5 Å². The van der Waals surface area contributed by atoms with Crippen LogP contribution in [0.2, 0.25) is 0 Å². The summed E-state index contributed by atoms with van der Waals surface area (Å²) in [4.78, 5) is 17.3. The topological polar surface area (TPSA) is 132 Å². The maximum Gasteiger partial charge on any atom is 2.00 e. The van der Waals surface area contributed by atoms with E-state index in [9.17, 15) is 0 Å². The smallest absolute Gasteiger partial charge is 0.530 e. The Morgan fingerprint density at radius 3 is 1.26 bits per heavy atom. The van der Waals surface area contributed by atoms with E-state index in [1.165, 1.54) is 37.2 Å². The van der Waals surface area contributed by atoms with E-state index < -0.39 is 12.2 Å². The molecule has 0 aromatic heterocycles. The van der Waals surface area contributed by atoms with Gasteiger partial charge in [0.25, 0.3) is 0 Å². The maximum atomic E-state index is 8.67. The van der Waals surface area contributed by atoms with Crippen molar-refractivity contribution in [1.82, 2.24) is 0 Å². The Morgan fingerprint density at radius 1 is 0.895 bits per heavy atom. The van der Waals surface area contributed by atoms with Crippen molar-refractivity contribution in [2.24, 2.45) is 11.5 Å². The van der Waals surface area contributed by atoms with E-state index in [4.69, 9.17) is 19.8 Å². The van der Waals surface area contributed by atoms with Crippen molar-refractivity contribution in [3.05, 3.63) is 0 Å². The molecule has 0 heterocycles. The molecule has 0 saturated heterocycles. The molecule has 0 bridgehead atoms. The summed E-state index contributed by atoms with van der Waals surface area (Å²) in [6.45, 7) is 4.49. The van der Waals surface area contributed by atoms with Gasteiger partial charge in [0.1, 0.15) is 12.2 Å². The Morgan fingerprint density at radius 2 is 1.11 bits per heavy atom. The number of hydrogen-bond donors (Lipinski definition) is 2. The van der Waals surface area contributed by atoms with Gasteiger partial charge in [-0.25, -0.2) is 0 Å². The average molecular weight is 364 g/mol. The summed E-state index contributed by atoms with van der Waals surface area (Å²) in [6.07, 6.45) is 2.26. The molecule has 19 heavy (non-hydrogen) atoms. The van der Waals surface area contributed by atoms with Crippen molar-refractivity contribution in [2.75, 3.05) is 11.5 Å². The predicted octanol–water partition coefficient (Wildman–Crippen LogP) is 0.542. The van der Waals surface area contributed by atoms with Crippen molar-refractivity contribution >= 4 is 33.8 Å². The molecule has 0 aromatic rings. The molecule has 2 amide bonds. The summed E-state index contributed by atoms with van der Waals surface area (Å²) in [5, 5.41) is 17.3. The fourth-order valence-corrected chi connectivity index (χ4v) is 2.99. The van der Waals surface area contributed by atoms with Crippen LogP contribution >= 0.6 is 21.6 Å². The quantitative estimate of drug-likeness (QED) is 0.385. The van der Waals surface area contributed by atoms with Crippen LogP contribution in [0, 0.1) is 0 Å². The van der Waals surface area contributed by atoms with Gasteiger partial charge >= 0.3 is 19.5 Å². The van der Waals surface area contributed by atoms with Crippen molar-refractivity contribution in [2.45, 2.75) is 39.5 Å². The number of rotatable bonds is 7. The summed E-state index contributed by atoms with van der Waals surface area (Å²) in [6, 6.07) is 0. The van der Waals surface area contributed by atoms with Gasteiger partial charge in [-0.05, 0) is 12.8 Å². The number of hydrogen-bond acceptors (Lipinski definition) is 6. The second-order valence-electron chi connectivity index (χ2n) is 2.99. The molecular formula is C10H22N2O4S2Zn. The molecule has 0 radical (unpaired) electrons. The summed E-state index contributed by atoms with van der Waals surface area (Å²) < 4.78 is 0. The van der Waals surface area contributed by atoms with E-state index in [2.05, 4.69) is 25.3 Å². The summed E-state index contributed by atoms with van der Waals surface area (Å²) in [7, 11) is 4.07. The van der Waals surface area contributed by atoms with Gasteiger partial charge in [0.05, 0.1) is 0 Å². The molecule has 110 valence electrons. The molecule has 9 heteroatoms. The number of amides is 2. The minimum atomic E-state index is -1.58. The van der Waals surface area contributed by atoms with Crippen LogP contribution in [0.5, 0.6) is 0 Å². The van der Waals surface area contributed by atoms with E-state index >= 15 is 0 Å². The van der Waals surface area contributed by atoms with Crippen molar-refractivity contribution < 1.29 is 39.3 Å². The van der Waals surface area contributed by atoms with Crippen LogP contribution in [0.3, 0.4) is 0 Å². The molecule has 0 unspecified atom stereocenters. The molecule has 0 aliphatic rings. The second kappa shape index (κ2) is 26.4. The van der Waals surface area contributed by atoms with Crippen LogP contribution in [-0.2, 0) is 19.5 Å². The molecule has 4 N–H and O–H groups in total. The second-order valence-corrected chi connectivity index (χ2v) is 5.69. The Bertz CT molecular complexity index is 172. The van der Waals surface area contributed by atoms with Crippen molar-refractivity contribution in [3.63, 3.8) is 0 Å². The number of carbonyl (C=O) groups excluding carboxylic acids is 2. The molecular weight excluding hydrogens is 342 g/mol. The Labute approximate surface area is 135 Å². The molecule has 6 nitrogen and oxygen atoms in total. The summed E-state index contributed by atoms with van der Waals surface area (Å²) in [5.41, 5.74) is 7.83. The number of unbranched alkanes of at least 4 members (excludes halogenated alkanes) is 2. The van der Waals surface area contributed by atoms with Crippen molar-refractivity contribution in [3.8, 4) is 0 Å². The van der Waals surface area contributed by atoms with Gasteiger partial charge in [-0.15, -0.1) is 0 Å². The van der Waals surface area contributed by atoms with Crippen LogP contribution < -0.4 is 21.7 Å². The van der Waals surface area contributed by atoms with E-state index in [0.717, 1.165) is 0 Å². The third-order valence-corrected chi connectivity index (χ3v) is 3.82. The van der Waals surface area contributed by atoms with Gasteiger partial charge in [0.15, 0.2) is 0 Å². The zero-order chi connectivity index (χ0) is 14.8. The number of carboxylic acid groups (broad SMARTS) is 2. The predicted molar refractivity (Wildman–Crippen MR) is 73.9 cm³/mol. The average Bonchev–Trinajstić information content (AvgIpc) is 2.22. The minimum Gasteiger partial charge on any atom is -0.530 e. The first-order chi connectivity index (χ1) is 8.38. The molecule has 0 aliphatic heterocycles. The summed E-state index contributed by atoms with van der Waals surface area (Å²) >= 11 is 0. The van der Waals surface area contributed by atoms with E-state index in [1.54, 1.807) is 0 Å². The Kier molecular flexibility index (Phi) is 37.9. The molecule has 0 saturated carbocycles. The standard InChI is InChI=1S/C8H18S2.2CH3NO2.Zn/c1-3-5-7-9-10-8-6-4-2;2*2-1(3)4;/h3-8H2,1-2H3;2*2H2,(H,3,4);/q;;;+2/p-2. The Balaban J connectivity index is -0.000000105. The first-order valence-corrected chi connectivity index (χ1v) is 8.04. The van der Waals surface area contributed by atoms with Gasteiger partial charge in [0, 0.05) is 11.5 Å². The zero-order valence-electron chi connectivity index (χ0n) is 11.6. The van der Waals surface area contributed by atoms with Crippen LogP contribution in [0.25, 0.3) is 0 Å². The molecule has 0 fully saturated rings. The number of primary amides is 2. The molecule has 0 spiro atoms. The first-order valence-electron chi connectivity index (χ1n) is 5.55. The van der Waals surface area contributed by atoms with E-state index in [-0.39, 0.29) is 19.5 Å². The van der Waals surface area contributed by atoms with Crippen molar-refractivity contribution in [1.29, 1.82) is 0 Å². The molecule has 0 atom stereocenters. The fourth-order valence-electron chi connectivity index (χ4n) is 0.524. The van der Waals surface area contributed by atoms with E-state index in [1.807, 2.05) is 21.6 Å². The SMILES string of the molecule is CCCCSSCCCC.NC(=O)[O-].NC(=O)[O-].[Zn+2]. The summed E-state index contributed by atoms with van der Waals surface area (Å²) in [5.74, 6) is 2.68. The van der Waals surface area contributed by atoms with Gasteiger partial charge < -0.3 is 31.3 Å². The van der Waals surface area contributed by atoms with Crippen LogP contribution in [-0.4, -0.2) is 23.7 Å². The van der Waals surface area contributed by atoms with Crippen LogP contribution in [0.4, 0.5) is 9.59 Å². The number of nitrogens with two attached hydrogens (primary N) is 2. The maximum absolute atomic E-state index is 8.67. The first kappa shape index (κ1) is 27.2.